The molecule has 0 fully saturated rings. The second kappa shape index (κ2) is 12.5. The van der Waals surface area contributed by atoms with Crippen LogP contribution in [0.25, 0.3) is 99.2 Å². The van der Waals surface area contributed by atoms with Gasteiger partial charge >= 0.3 is 0 Å². The van der Waals surface area contributed by atoms with Crippen molar-refractivity contribution in [3.8, 4) is 56.2 Å². The number of aromatic nitrogens is 2. The molecule has 1 aromatic heterocycles. The first-order valence-electron chi connectivity index (χ1n) is 17.8. The van der Waals surface area contributed by atoms with Gasteiger partial charge in [-0.2, -0.15) is 0 Å². The maximum absolute atomic E-state index is 5.45. The largest absolute Gasteiger partial charge is 0.228 e. The van der Waals surface area contributed by atoms with Gasteiger partial charge in [0.2, 0.25) is 0 Å². The highest BCUT2D eigenvalue weighted by Gasteiger charge is 2.22. The molecule has 242 valence electrons. The number of rotatable bonds is 5. The average Bonchev–Trinajstić information content (AvgIpc) is 3.23. The number of nitrogens with zero attached hydrogens (tertiary/aromatic N) is 2. The van der Waals surface area contributed by atoms with Gasteiger partial charge in [-0.1, -0.05) is 188 Å². The Bertz CT molecular complexity index is 2940. The van der Waals surface area contributed by atoms with Crippen LogP contribution in [0.1, 0.15) is 0 Å². The van der Waals surface area contributed by atoms with Crippen LogP contribution in [0.2, 0.25) is 0 Å². The van der Waals surface area contributed by atoms with Crippen LogP contribution >= 0.6 is 0 Å². The topological polar surface area (TPSA) is 25.8 Å². The van der Waals surface area contributed by atoms with Crippen molar-refractivity contribution < 1.29 is 0 Å². The van der Waals surface area contributed by atoms with Crippen LogP contribution in [-0.4, -0.2) is 9.97 Å². The summed E-state index contributed by atoms with van der Waals surface area (Å²) in [5, 5.41) is 9.60. The molecule has 0 saturated carbocycles. The maximum atomic E-state index is 5.45. The molecule has 0 aliphatic rings. The molecule has 52 heavy (non-hydrogen) atoms. The first-order valence-corrected chi connectivity index (χ1v) is 17.8. The Morgan fingerprint density at radius 1 is 0.288 bits per heavy atom. The second-order valence-corrected chi connectivity index (χ2v) is 13.3. The van der Waals surface area contributed by atoms with Crippen molar-refractivity contribution >= 4 is 43.1 Å². The highest BCUT2D eigenvalue weighted by molar-refractivity contribution is 6.27. The Kier molecular flexibility index (Phi) is 7.18. The Labute approximate surface area is 302 Å². The fraction of sp³-hybridized carbons (Fsp3) is 0. The summed E-state index contributed by atoms with van der Waals surface area (Å²) in [6, 6.07) is 69.2. The molecule has 0 radical (unpaired) electrons. The molecule has 0 atom stereocenters. The van der Waals surface area contributed by atoms with Crippen molar-refractivity contribution in [3.63, 3.8) is 0 Å². The summed E-state index contributed by atoms with van der Waals surface area (Å²) in [5.41, 5.74) is 9.71. The quantitative estimate of drug-likeness (QED) is 0.136. The van der Waals surface area contributed by atoms with Crippen LogP contribution in [0.5, 0.6) is 0 Å². The molecule has 0 aliphatic heterocycles. The van der Waals surface area contributed by atoms with E-state index in [4.69, 9.17) is 9.97 Å². The van der Waals surface area contributed by atoms with Crippen molar-refractivity contribution in [2.75, 3.05) is 0 Å². The van der Waals surface area contributed by atoms with E-state index < -0.39 is 0 Å². The molecule has 0 saturated heterocycles. The second-order valence-electron chi connectivity index (χ2n) is 13.3. The van der Waals surface area contributed by atoms with E-state index in [1.807, 2.05) is 6.07 Å². The summed E-state index contributed by atoms with van der Waals surface area (Å²) in [6.07, 6.45) is 0. The zero-order chi connectivity index (χ0) is 34.4. The van der Waals surface area contributed by atoms with E-state index in [1.165, 1.54) is 54.4 Å². The maximum Gasteiger partial charge on any atom is 0.160 e. The van der Waals surface area contributed by atoms with Gasteiger partial charge in [0.15, 0.2) is 5.82 Å². The van der Waals surface area contributed by atoms with Gasteiger partial charge in [0.05, 0.1) is 11.4 Å². The lowest BCUT2D eigenvalue weighted by Gasteiger charge is -2.20. The highest BCUT2D eigenvalue weighted by atomic mass is 14.9. The Morgan fingerprint density at radius 3 is 1.56 bits per heavy atom. The Balaban J connectivity index is 1.34. The van der Waals surface area contributed by atoms with Gasteiger partial charge < -0.3 is 0 Å². The minimum atomic E-state index is 0.699. The molecule has 0 amide bonds. The first kappa shape index (κ1) is 30.0. The third-order valence-electron chi connectivity index (χ3n) is 10.3. The molecule has 0 bridgehead atoms. The van der Waals surface area contributed by atoms with Crippen LogP contribution in [0.4, 0.5) is 0 Å². The van der Waals surface area contributed by atoms with Crippen molar-refractivity contribution in [1.29, 1.82) is 0 Å². The molecular formula is C50H32N2. The first-order chi connectivity index (χ1) is 25.8. The third kappa shape index (κ3) is 4.96. The zero-order valence-electron chi connectivity index (χ0n) is 28.4. The van der Waals surface area contributed by atoms with E-state index in [9.17, 15) is 0 Å². The summed E-state index contributed by atoms with van der Waals surface area (Å²) in [7, 11) is 0. The Hall–Kier alpha value is -6.90. The molecule has 0 N–H and O–H groups in total. The standard InChI is InChI=1S/C50H32N2/c1-3-18-35(19-4-1)47-42-27-13-14-28-43(42)49(48-38-24-10-8-17-34(38)30-31-44(47)48)46-32-45(51-50(52-46)36-20-5-2-6-21-36)41-26-12-11-25-40(41)39-29-15-22-33-16-7-9-23-37(33)39/h1-32H. The lowest BCUT2D eigenvalue weighted by atomic mass is 9.85. The van der Waals surface area contributed by atoms with Crippen molar-refractivity contribution in [1.82, 2.24) is 9.97 Å². The lowest BCUT2D eigenvalue weighted by Crippen LogP contribution is -1.99. The molecule has 2 heteroatoms. The van der Waals surface area contributed by atoms with Gasteiger partial charge in [0, 0.05) is 22.1 Å². The third-order valence-corrected chi connectivity index (χ3v) is 10.3. The van der Waals surface area contributed by atoms with Crippen LogP contribution in [0.3, 0.4) is 0 Å². The van der Waals surface area contributed by atoms with Crippen LogP contribution in [-0.2, 0) is 0 Å². The van der Waals surface area contributed by atoms with E-state index >= 15 is 0 Å². The van der Waals surface area contributed by atoms with E-state index in [-0.39, 0.29) is 0 Å². The summed E-state index contributed by atoms with van der Waals surface area (Å²) in [4.78, 5) is 10.8. The number of hydrogen-bond acceptors (Lipinski definition) is 2. The molecule has 0 spiro atoms. The van der Waals surface area contributed by atoms with Crippen LogP contribution < -0.4 is 0 Å². The van der Waals surface area contributed by atoms with Gasteiger partial charge in [-0.3, -0.25) is 0 Å². The SMILES string of the molecule is c1ccc(-c2nc(-c3ccccc3-c3cccc4ccccc34)cc(-c3c4ccccc4c(-c4ccccc4)c4ccc5ccccc5c34)n2)cc1. The van der Waals surface area contributed by atoms with Crippen molar-refractivity contribution in [2.45, 2.75) is 0 Å². The predicted molar refractivity (Wildman–Crippen MR) is 219 cm³/mol. The summed E-state index contributed by atoms with van der Waals surface area (Å²) in [5.74, 6) is 0.699. The summed E-state index contributed by atoms with van der Waals surface area (Å²) >= 11 is 0. The zero-order valence-corrected chi connectivity index (χ0v) is 28.4. The monoisotopic (exact) mass is 660 g/mol. The van der Waals surface area contributed by atoms with Crippen LogP contribution in [0, 0.1) is 0 Å². The summed E-state index contributed by atoms with van der Waals surface area (Å²) in [6.45, 7) is 0. The fourth-order valence-electron chi connectivity index (χ4n) is 7.96. The smallest absolute Gasteiger partial charge is 0.160 e. The van der Waals surface area contributed by atoms with Crippen molar-refractivity contribution in [3.05, 3.63) is 194 Å². The molecule has 10 rings (SSSR count). The molecule has 10 aromatic rings. The lowest BCUT2D eigenvalue weighted by molar-refractivity contribution is 1.19. The van der Waals surface area contributed by atoms with E-state index in [0.717, 1.165) is 39.0 Å². The summed E-state index contributed by atoms with van der Waals surface area (Å²) < 4.78 is 0. The number of hydrogen-bond donors (Lipinski definition) is 0. The van der Waals surface area contributed by atoms with Crippen LogP contribution in [0.15, 0.2) is 194 Å². The van der Waals surface area contributed by atoms with E-state index in [2.05, 4.69) is 188 Å². The van der Waals surface area contributed by atoms with Gasteiger partial charge in [0.1, 0.15) is 0 Å². The number of benzene rings is 9. The molecule has 1 heterocycles. The molecule has 0 unspecified atom stereocenters. The van der Waals surface area contributed by atoms with Gasteiger partial charge in [-0.05, 0) is 66.0 Å². The normalized spacial score (nSPS) is 11.5. The Morgan fingerprint density at radius 2 is 0.808 bits per heavy atom. The molecule has 2 nitrogen and oxygen atoms in total. The minimum Gasteiger partial charge on any atom is -0.228 e. The molecule has 9 aromatic carbocycles. The van der Waals surface area contributed by atoms with E-state index in [1.54, 1.807) is 0 Å². The predicted octanol–water partition coefficient (Wildman–Crippen LogP) is 13.4. The van der Waals surface area contributed by atoms with E-state index in [0.29, 0.717) is 5.82 Å². The van der Waals surface area contributed by atoms with Gasteiger partial charge in [-0.15, -0.1) is 0 Å². The molecular weight excluding hydrogens is 629 g/mol. The average molecular weight is 661 g/mol. The highest BCUT2D eigenvalue weighted by Crippen LogP contribution is 2.47. The van der Waals surface area contributed by atoms with Gasteiger partial charge in [0.25, 0.3) is 0 Å². The van der Waals surface area contributed by atoms with Gasteiger partial charge in [-0.25, -0.2) is 9.97 Å². The van der Waals surface area contributed by atoms with Crippen molar-refractivity contribution in [2.24, 2.45) is 0 Å². The fourth-order valence-corrected chi connectivity index (χ4v) is 7.96. The minimum absolute atomic E-state index is 0.699. The molecule has 0 aliphatic carbocycles. The number of fused-ring (bicyclic) bond motifs is 5.